The van der Waals surface area contributed by atoms with Crippen LogP contribution in [-0.2, 0) is 17.6 Å². The molecule has 3 N–H and O–H groups in total. The summed E-state index contributed by atoms with van der Waals surface area (Å²) in [6.07, 6.45) is 6.81. The van der Waals surface area contributed by atoms with Gasteiger partial charge in [-0.05, 0) is 61.8 Å². The van der Waals surface area contributed by atoms with E-state index >= 15 is 0 Å². The largest absolute Gasteiger partial charge is 0.354 e. The van der Waals surface area contributed by atoms with Gasteiger partial charge in [0.05, 0.1) is 0 Å². The number of carbonyl (C=O) groups is 2. The van der Waals surface area contributed by atoms with Gasteiger partial charge in [-0.3, -0.25) is 9.59 Å². The van der Waals surface area contributed by atoms with Crippen LogP contribution < -0.4 is 11.1 Å². The summed E-state index contributed by atoms with van der Waals surface area (Å²) in [5.74, 6) is 0.0653. The van der Waals surface area contributed by atoms with E-state index in [1.165, 1.54) is 17.5 Å². The molecule has 1 unspecified atom stereocenters. The van der Waals surface area contributed by atoms with Crippen molar-refractivity contribution in [1.82, 2.24) is 10.2 Å². The SMILES string of the molecule is NCCC(=O)NCC1CCCCN1C(=O)c1ccc2c(c1)CCC2. The molecule has 1 aliphatic heterocycles. The lowest BCUT2D eigenvalue weighted by molar-refractivity contribution is -0.121. The van der Waals surface area contributed by atoms with E-state index in [0.717, 1.165) is 44.2 Å². The fraction of sp³-hybridized carbons (Fsp3) is 0.579. The Balaban J connectivity index is 1.68. The third-order valence-corrected chi connectivity index (χ3v) is 5.14. The molecule has 2 aliphatic rings. The van der Waals surface area contributed by atoms with E-state index in [0.29, 0.717) is 19.5 Å². The molecule has 1 atom stereocenters. The van der Waals surface area contributed by atoms with Crippen molar-refractivity contribution in [3.63, 3.8) is 0 Å². The number of piperidine rings is 1. The summed E-state index contributed by atoms with van der Waals surface area (Å²) < 4.78 is 0. The van der Waals surface area contributed by atoms with Crippen LogP contribution in [0.25, 0.3) is 0 Å². The number of nitrogens with zero attached hydrogens (tertiary/aromatic N) is 1. The van der Waals surface area contributed by atoms with Gasteiger partial charge in [0.1, 0.15) is 0 Å². The van der Waals surface area contributed by atoms with E-state index in [-0.39, 0.29) is 17.9 Å². The number of nitrogens with two attached hydrogens (primary N) is 1. The highest BCUT2D eigenvalue weighted by Gasteiger charge is 2.28. The summed E-state index contributed by atoms with van der Waals surface area (Å²) in [7, 11) is 0. The lowest BCUT2D eigenvalue weighted by Gasteiger charge is -2.36. The minimum atomic E-state index is -0.0343. The van der Waals surface area contributed by atoms with Gasteiger partial charge in [-0.2, -0.15) is 0 Å². The molecule has 5 heteroatoms. The van der Waals surface area contributed by atoms with Crippen molar-refractivity contribution in [2.75, 3.05) is 19.6 Å². The van der Waals surface area contributed by atoms with Crippen LogP contribution >= 0.6 is 0 Å². The summed E-state index contributed by atoms with van der Waals surface area (Å²) >= 11 is 0. The third-order valence-electron chi connectivity index (χ3n) is 5.14. The van der Waals surface area contributed by atoms with E-state index in [1.54, 1.807) is 0 Å². The van der Waals surface area contributed by atoms with Crippen molar-refractivity contribution in [3.8, 4) is 0 Å². The standard InChI is InChI=1S/C19H27N3O2/c20-10-9-18(23)21-13-17-6-1-2-11-22(17)19(24)16-8-7-14-4-3-5-15(14)12-16/h7-8,12,17H,1-6,9-11,13,20H2,(H,21,23). The quantitative estimate of drug-likeness (QED) is 0.862. The van der Waals surface area contributed by atoms with Crippen LogP contribution in [0.5, 0.6) is 0 Å². The normalized spacial score (nSPS) is 19.9. The molecule has 130 valence electrons. The van der Waals surface area contributed by atoms with E-state index in [1.807, 2.05) is 11.0 Å². The Hall–Kier alpha value is -1.88. The molecule has 2 amide bonds. The Bertz CT molecular complexity index is 615. The summed E-state index contributed by atoms with van der Waals surface area (Å²) in [6.45, 7) is 1.65. The molecule has 1 saturated heterocycles. The number of likely N-dealkylation sites (tertiary alicyclic amines) is 1. The van der Waals surface area contributed by atoms with E-state index < -0.39 is 0 Å². The zero-order chi connectivity index (χ0) is 16.9. The second kappa shape index (κ2) is 7.79. The molecule has 0 saturated carbocycles. The average molecular weight is 329 g/mol. The first kappa shape index (κ1) is 17.0. The first-order valence-corrected chi connectivity index (χ1v) is 9.08. The molecule has 1 aromatic rings. The second-order valence-electron chi connectivity index (χ2n) is 6.83. The molecule has 1 aromatic carbocycles. The molecule has 1 aliphatic carbocycles. The molecule has 5 nitrogen and oxygen atoms in total. The zero-order valence-corrected chi connectivity index (χ0v) is 14.2. The summed E-state index contributed by atoms with van der Waals surface area (Å²) in [5.41, 5.74) is 8.91. The predicted molar refractivity (Wildman–Crippen MR) is 93.8 cm³/mol. The Labute approximate surface area is 143 Å². The number of hydrogen-bond acceptors (Lipinski definition) is 3. The zero-order valence-electron chi connectivity index (χ0n) is 14.2. The van der Waals surface area contributed by atoms with Crippen molar-refractivity contribution in [2.24, 2.45) is 5.73 Å². The average Bonchev–Trinajstić information content (AvgIpc) is 3.07. The minimum Gasteiger partial charge on any atom is -0.354 e. The molecule has 24 heavy (non-hydrogen) atoms. The molecule has 1 fully saturated rings. The van der Waals surface area contributed by atoms with Crippen molar-refractivity contribution >= 4 is 11.8 Å². The molecule has 0 aromatic heterocycles. The van der Waals surface area contributed by atoms with Gasteiger partial charge in [0.25, 0.3) is 5.91 Å². The topological polar surface area (TPSA) is 75.4 Å². The first-order valence-electron chi connectivity index (χ1n) is 9.08. The fourth-order valence-electron chi connectivity index (χ4n) is 3.80. The smallest absolute Gasteiger partial charge is 0.254 e. The molecular weight excluding hydrogens is 302 g/mol. The molecule has 1 heterocycles. The number of fused-ring (bicyclic) bond motifs is 1. The number of rotatable bonds is 5. The summed E-state index contributed by atoms with van der Waals surface area (Å²) in [4.78, 5) is 26.6. The van der Waals surface area contributed by atoms with Crippen molar-refractivity contribution in [3.05, 3.63) is 34.9 Å². The Kier molecular flexibility index (Phi) is 5.51. The lowest BCUT2D eigenvalue weighted by Crippen LogP contribution is -2.49. The number of hydrogen-bond donors (Lipinski definition) is 2. The highest BCUT2D eigenvalue weighted by molar-refractivity contribution is 5.95. The summed E-state index contributed by atoms with van der Waals surface area (Å²) in [6, 6.07) is 6.23. The Morgan fingerprint density at radius 2 is 2.00 bits per heavy atom. The highest BCUT2D eigenvalue weighted by Crippen LogP contribution is 2.25. The number of amides is 2. The minimum absolute atomic E-state index is 0.0343. The van der Waals surface area contributed by atoms with E-state index in [2.05, 4.69) is 17.4 Å². The predicted octanol–water partition coefficient (Wildman–Crippen LogP) is 1.64. The molecule has 0 bridgehead atoms. The van der Waals surface area contributed by atoms with Crippen LogP contribution in [0, 0.1) is 0 Å². The monoisotopic (exact) mass is 329 g/mol. The van der Waals surface area contributed by atoms with Crippen molar-refractivity contribution < 1.29 is 9.59 Å². The van der Waals surface area contributed by atoms with Crippen LogP contribution in [0.4, 0.5) is 0 Å². The van der Waals surface area contributed by atoms with Crippen LogP contribution in [0.1, 0.15) is 53.6 Å². The fourth-order valence-corrected chi connectivity index (χ4v) is 3.80. The van der Waals surface area contributed by atoms with Crippen LogP contribution in [0.3, 0.4) is 0 Å². The number of aryl methyl sites for hydroxylation is 2. The number of benzene rings is 1. The Morgan fingerprint density at radius 1 is 1.17 bits per heavy atom. The maximum atomic E-state index is 13.0. The van der Waals surface area contributed by atoms with Gasteiger partial charge in [-0.1, -0.05) is 6.07 Å². The highest BCUT2D eigenvalue weighted by atomic mass is 16.2. The maximum absolute atomic E-state index is 13.0. The number of nitrogens with one attached hydrogen (secondary N) is 1. The van der Waals surface area contributed by atoms with Gasteiger partial charge >= 0.3 is 0 Å². The van der Waals surface area contributed by atoms with Gasteiger partial charge in [-0.15, -0.1) is 0 Å². The molecular formula is C19H27N3O2. The Morgan fingerprint density at radius 3 is 2.83 bits per heavy atom. The number of carbonyl (C=O) groups excluding carboxylic acids is 2. The van der Waals surface area contributed by atoms with Gasteiger partial charge in [0.15, 0.2) is 0 Å². The van der Waals surface area contributed by atoms with Crippen LogP contribution in [0.2, 0.25) is 0 Å². The van der Waals surface area contributed by atoms with E-state index in [9.17, 15) is 9.59 Å². The molecule has 0 spiro atoms. The van der Waals surface area contributed by atoms with Crippen LogP contribution in [-0.4, -0.2) is 42.4 Å². The van der Waals surface area contributed by atoms with Crippen LogP contribution in [0.15, 0.2) is 18.2 Å². The molecule has 3 rings (SSSR count). The van der Waals surface area contributed by atoms with Gasteiger partial charge in [-0.25, -0.2) is 0 Å². The van der Waals surface area contributed by atoms with Gasteiger partial charge < -0.3 is 16.0 Å². The van der Waals surface area contributed by atoms with Crippen molar-refractivity contribution in [2.45, 2.75) is 51.0 Å². The second-order valence-corrected chi connectivity index (χ2v) is 6.83. The maximum Gasteiger partial charge on any atom is 0.254 e. The van der Waals surface area contributed by atoms with Gasteiger partial charge in [0, 0.05) is 37.7 Å². The summed E-state index contributed by atoms with van der Waals surface area (Å²) in [5, 5.41) is 2.92. The van der Waals surface area contributed by atoms with E-state index in [4.69, 9.17) is 5.73 Å². The third kappa shape index (κ3) is 3.78. The van der Waals surface area contributed by atoms with Gasteiger partial charge in [0.2, 0.25) is 5.91 Å². The lowest BCUT2D eigenvalue weighted by atomic mass is 9.99. The van der Waals surface area contributed by atoms with Crippen molar-refractivity contribution in [1.29, 1.82) is 0 Å². The molecule has 0 radical (unpaired) electrons. The first-order chi connectivity index (χ1) is 11.7.